The first kappa shape index (κ1) is 17.7. The lowest BCUT2D eigenvalue weighted by Gasteiger charge is -2.17. The predicted octanol–water partition coefficient (Wildman–Crippen LogP) is 3.69. The summed E-state index contributed by atoms with van der Waals surface area (Å²) in [5, 5.41) is 15.5. The van der Waals surface area contributed by atoms with Gasteiger partial charge in [-0.15, -0.1) is 0 Å². The second-order valence-electron chi connectivity index (χ2n) is 6.00. The number of aromatic nitrogens is 1. The lowest BCUT2D eigenvalue weighted by molar-refractivity contribution is -0.254. The van der Waals surface area contributed by atoms with Crippen LogP contribution in [0.1, 0.15) is 36.2 Å². The number of fused-ring (bicyclic) bond motifs is 1. The van der Waals surface area contributed by atoms with Gasteiger partial charge in [-0.3, -0.25) is 4.98 Å². The van der Waals surface area contributed by atoms with Gasteiger partial charge in [0.15, 0.2) is 0 Å². The minimum Gasteiger partial charge on any atom is -0.545 e. The molecule has 0 radical (unpaired) electrons. The van der Waals surface area contributed by atoms with Gasteiger partial charge in [0.05, 0.1) is 23.8 Å². The molecule has 0 spiro atoms. The number of ether oxygens (including phenoxy) is 1. The third kappa shape index (κ3) is 3.61. The standard InChI is InChI=1S/C21H22N2O3/c1-3-12-26-16-10-8-15(9-11-16)23-20-17-7-5-6-14(4-2)19(17)22-13-18(20)21(24)25/h5-11,13H,3-4,12H2,1-2H3,(H,22,23)(H,24,25)/p-1. The zero-order chi connectivity index (χ0) is 18.5. The summed E-state index contributed by atoms with van der Waals surface area (Å²) in [5.41, 5.74) is 3.17. The summed E-state index contributed by atoms with van der Waals surface area (Å²) >= 11 is 0. The van der Waals surface area contributed by atoms with Crippen molar-refractivity contribution in [1.82, 2.24) is 4.98 Å². The quantitative estimate of drug-likeness (QED) is 0.704. The van der Waals surface area contributed by atoms with Crippen LogP contribution in [0.2, 0.25) is 0 Å². The molecule has 0 saturated heterocycles. The zero-order valence-electron chi connectivity index (χ0n) is 14.9. The van der Waals surface area contributed by atoms with Crippen LogP contribution in [-0.2, 0) is 6.42 Å². The number of nitrogens with zero attached hydrogens (tertiary/aromatic N) is 1. The van der Waals surface area contributed by atoms with Crippen LogP contribution in [0.15, 0.2) is 48.7 Å². The number of pyridine rings is 1. The second kappa shape index (κ2) is 7.87. The molecule has 0 unspecified atom stereocenters. The van der Waals surface area contributed by atoms with Crippen molar-refractivity contribution in [2.45, 2.75) is 26.7 Å². The molecule has 26 heavy (non-hydrogen) atoms. The van der Waals surface area contributed by atoms with Crippen LogP contribution >= 0.6 is 0 Å². The van der Waals surface area contributed by atoms with Crippen molar-refractivity contribution in [2.24, 2.45) is 0 Å². The Hall–Kier alpha value is -3.08. The summed E-state index contributed by atoms with van der Waals surface area (Å²) in [6.45, 7) is 4.76. The van der Waals surface area contributed by atoms with Crippen LogP contribution in [-0.4, -0.2) is 17.6 Å². The van der Waals surface area contributed by atoms with Gasteiger partial charge in [-0.1, -0.05) is 32.0 Å². The van der Waals surface area contributed by atoms with Crippen LogP contribution in [0.5, 0.6) is 5.75 Å². The van der Waals surface area contributed by atoms with Crippen molar-refractivity contribution in [3.05, 3.63) is 59.8 Å². The Balaban J connectivity index is 2.02. The zero-order valence-corrected chi connectivity index (χ0v) is 14.9. The smallest absolute Gasteiger partial charge is 0.119 e. The van der Waals surface area contributed by atoms with Gasteiger partial charge >= 0.3 is 0 Å². The van der Waals surface area contributed by atoms with Gasteiger partial charge in [0.25, 0.3) is 0 Å². The number of hydrogen-bond acceptors (Lipinski definition) is 5. The monoisotopic (exact) mass is 349 g/mol. The third-order valence-corrected chi connectivity index (χ3v) is 4.18. The van der Waals surface area contributed by atoms with Crippen molar-refractivity contribution in [1.29, 1.82) is 0 Å². The molecular weight excluding hydrogens is 328 g/mol. The molecule has 0 aliphatic carbocycles. The molecule has 0 atom stereocenters. The van der Waals surface area contributed by atoms with E-state index in [0.29, 0.717) is 12.3 Å². The number of aryl methyl sites for hydroxylation is 1. The number of aromatic carboxylic acids is 1. The highest BCUT2D eigenvalue weighted by molar-refractivity contribution is 6.05. The number of rotatable bonds is 7. The number of anilines is 2. The first-order valence-corrected chi connectivity index (χ1v) is 8.75. The van der Waals surface area contributed by atoms with E-state index in [2.05, 4.69) is 17.2 Å². The summed E-state index contributed by atoms with van der Waals surface area (Å²) in [6, 6.07) is 13.2. The molecule has 1 heterocycles. The molecule has 3 aromatic rings. The van der Waals surface area contributed by atoms with E-state index in [-0.39, 0.29) is 5.56 Å². The number of carbonyl (C=O) groups is 1. The van der Waals surface area contributed by atoms with Crippen molar-refractivity contribution < 1.29 is 14.6 Å². The lowest BCUT2D eigenvalue weighted by Crippen LogP contribution is -2.23. The van der Waals surface area contributed by atoms with Gasteiger partial charge < -0.3 is 20.0 Å². The average Bonchev–Trinajstić information content (AvgIpc) is 2.67. The Labute approximate surface area is 152 Å². The molecule has 0 aliphatic rings. The fourth-order valence-electron chi connectivity index (χ4n) is 2.86. The van der Waals surface area contributed by atoms with Crippen molar-refractivity contribution in [3.8, 4) is 5.75 Å². The molecular formula is C21H21N2O3-. The fourth-order valence-corrected chi connectivity index (χ4v) is 2.86. The minimum atomic E-state index is -1.26. The number of carboxylic acids is 1. The molecule has 5 nitrogen and oxygen atoms in total. The summed E-state index contributed by atoms with van der Waals surface area (Å²) in [7, 11) is 0. The molecule has 0 aliphatic heterocycles. The van der Waals surface area contributed by atoms with Gasteiger partial charge in [0, 0.05) is 22.8 Å². The van der Waals surface area contributed by atoms with E-state index in [1.54, 1.807) is 0 Å². The van der Waals surface area contributed by atoms with E-state index in [4.69, 9.17) is 4.74 Å². The fraction of sp³-hybridized carbons (Fsp3) is 0.238. The van der Waals surface area contributed by atoms with Crippen LogP contribution in [0.3, 0.4) is 0 Å². The largest absolute Gasteiger partial charge is 0.545 e. The van der Waals surface area contributed by atoms with Crippen LogP contribution in [0.4, 0.5) is 11.4 Å². The molecule has 3 rings (SSSR count). The number of para-hydroxylation sites is 1. The van der Waals surface area contributed by atoms with Crippen molar-refractivity contribution in [2.75, 3.05) is 11.9 Å². The van der Waals surface area contributed by atoms with E-state index in [9.17, 15) is 9.90 Å². The van der Waals surface area contributed by atoms with Crippen molar-refractivity contribution in [3.63, 3.8) is 0 Å². The molecule has 0 saturated carbocycles. The Morgan fingerprint density at radius 1 is 1.15 bits per heavy atom. The SMILES string of the molecule is CCCOc1ccc(Nc2c(C(=O)[O-])cnc3c(CC)cccc23)cc1. The van der Waals surface area contributed by atoms with E-state index < -0.39 is 5.97 Å². The Bertz CT molecular complexity index is 920. The topological polar surface area (TPSA) is 74.3 Å². The number of carbonyl (C=O) groups excluding carboxylic acids is 1. The van der Waals surface area contributed by atoms with Crippen LogP contribution in [0.25, 0.3) is 10.9 Å². The Kier molecular flexibility index (Phi) is 5.37. The number of nitrogens with one attached hydrogen (secondary N) is 1. The molecule has 1 aromatic heterocycles. The van der Waals surface area contributed by atoms with Gasteiger partial charge in [0.2, 0.25) is 0 Å². The summed E-state index contributed by atoms with van der Waals surface area (Å²) in [5.74, 6) is -0.475. The molecule has 134 valence electrons. The highest BCUT2D eigenvalue weighted by Crippen LogP contribution is 2.31. The average molecular weight is 349 g/mol. The lowest BCUT2D eigenvalue weighted by atomic mass is 10.0. The maximum atomic E-state index is 11.6. The number of benzene rings is 2. The Morgan fingerprint density at radius 3 is 2.58 bits per heavy atom. The van der Waals surface area contributed by atoms with Gasteiger partial charge in [-0.25, -0.2) is 0 Å². The van der Waals surface area contributed by atoms with Gasteiger partial charge in [-0.05, 0) is 42.7 Å². The molecule has 0 bridgehead atoms. The third-order valence-electron chi connectivity index (χ3n) is 4.18. The normalized spacial score (nSPS) is 10.7. The Morgan fingerprint density at radius 2 is 1.92 bits per heavy atom. The second-order valence-corrected chi connectivity index (χ2v) is 6.00. The van der Waals surface area contributed by atoms with E-state index in [1.165, 1.54) is 6.20 Å². The van der Waals surface area contributed by atoms with E-state index in [1.807, 2.05) is 49.4 Å². The highest BCUT2D eigenvalue weighted by atomic mass is 16.5. The van der Waals surface area contributed by atoms with Crippen LogP contribution < -0.4 is 15.2 Å². The minimum absolute atomic E-state index is 0.0389. The van der Waals surface area contributed by atoms with Gasteiger partial charge in [-0.2, -0.15) is 0 Å². The number of hydrogen-bond donors (Lipinski definition) is 1. The summed E-state index contributed by atoms with van der Waals surface area (Å²) in [4.78, 5) is 15.9. The first-order valence-electron chi connectivity index (χ1n) is 8.75. The molecule has 2 aromatic carbocycles. The van der Waals surface area contributed by atoms with Gasteiger partial charge in [0.1, 0.15) is 5.75 Å². The maximum Gasteiger partial charge on any atom is 0.119 e. The number of carboxylic acid groups (broad SMARTS) is 1. The van der Waals surface area contributed by atoms with Crippen LogP contribution in [0, 0.1) is 0 Å². The van der Waals surface area contributed by atoms with Crippen molar-refractivity contribution >= 4 is 28.2 Å². The predicted molar refractivity (Wildman–Crippen MR) is 101 cm³/mol. The summed E-state index contributed by atoms with van der Waals surface area (Å²) < 4.78 is 5.58. The molecule has 1 N–H and O–H groups in total. The van der Waals surface area contributed by atoms with E-state index in [0.717, 1.165) is 40.7 Å². The first-order chi connectivity index (χ1) is 12.6. The highest BCUT2D eigenvalue weighted by Gasteiger charge is 2.12. The molecule has 0 amide bonds. The maximum absolute atomic E-state index is 11.6. The molecule has 0 fully saturated rings. The summed E-state index contributed by atoms with van der Waals surface area (Å²) in [6.07, 6.45) is 3.12. The van der Waals surface area contributed by atoms with E-state index >= 15 is 0 Å². The molecule has 5 heteroatoms.